The summed E-state index contributed by atoms with van der Waals surface area (Å²) in [5, 5.41) is 0. The lowest BCUT2D eigenvalue weighted by Crippen LogP contribution is -2.07. The minimum Gasteiger partial charge on any atom is -0.493 e. The predicted octanol–water partition coefficient (Wildman–Crippen LogP) is 3.82. The number of hydrogen-bond donors (Lipinski definition) is 0. The maximum absolute atomic E-state index is 12.0. The molecule has 0 saturated carbocycles. The molecule has 0 N–H and O–H groups in total. The van der Waals surface area contributed by atoms with Crippen molar-refractivity contribution in [2.45, 2.75) is 13.8 Å². The zero-order valence-electron chi connectivity index (χ0n) is 18.2. The maximum Gasteiger partial charge on any atom is 0.331 e. The topological polar surface area (TPSA) is 97.4 Å². The molecule has 2 aromatic rings. The van der Waals surface area contributed by atoms with E-state index < -0.39 is 17.9 Å². The smallest absolute Gasteiger partial charge is 0.331 e. The molecule has 2 rings (SSSR count). The van der Waals surface area contributed by atoms with Crippen molar-refractivity contribution in [1.29, 1.82) is 0 Å². The van der Waals surface area contributed by atoms with Crippen molar-refractivity contribution in [2.24, 2.45) is 0 Å². The molecule has 2 aromatic carbocycles. The third-order valence-corrected chi connectivity index (χ3v) is 3.93. The van der Waals surface area contributed by atoms with Gasteiger partial charge in [-0.1, -0.05) is 18.2 Å². The number of ether oxygens (including phenoxy) is 5. The van der Waals surface area contributed by atoms with Gasteiger partial charge in [-0.25, -0.2) is 4.79 Å². The van der Waals surface area contributed by atoms with E-state index in [1.807, 2.05) is 6.07 Å². The highest BCUT2D eigenvalue weighted by molar-refractivity contribution is 5.87. The van der Waals surface area contributed by atoms with Crippen LogP contribution in [0.5, 0.6) is 23.0 Å². The van der Waals surface area contributed by atoms with Crippen LogP contribution in [0.25, 0.3) is 12.2 Å². The minimum absolute atomic E-state index is 0.0704. The van der Waals surface area contributed by atoms with Crippen LogP contribution in [0.4, 0.5) is 0 Å². The lowest BCUT2D eigenvalue weighted by molar-refractivity contribution is -0.136. The SMILES string of the molecule is COc1ccc(C=CCOC(=O)C=Cc2ccc(OC(C)=O)c(OC(C)=O)c2)cc1OC. The zero-order valence-corrected chi connectivity index (χ0v) is 18.2. The van der Waals surface area contributed by atoms with E-state index in [0.29, 0.717) is 17.1 Å². The fraction of sp³-hybridized carbons (Fsp3) is 0.208. The van der Waals surface area contributed by atoms with E-state index in [-0.39, 0.29) is 18.1 Å². The molecule has 0 bridgehead atoms. The quantitative estimate of drug-likeness (QED) is 0.330. The molecule has 0 aliphatic heterocycles. The van der Waals surface area contributed by atoms with Crippen LogP contribution in [0, 0.1) is 0 Å². The van der Waals surface area contributed by atoms with Gasteiger partial charge in [-0.3, -0.25) is 9.59 Å². The van der Waals surface area contributed by atoms with E-state index in [4.69, 9.17) is 23.7 Å². The lowest BCUT2D eigenvalue weighted by Gasteiger charge is -2.09. The Bertz CT molecular complexity index is 1040. The summed E-state index contributed by atoms with van der Waals surface area (Å²) in [7, 11) is 3.12. The van der Waals surface area contributed by atoms with Gasteiger partial charge in [0.15, 0.2) is 23.0 Å². The fourth-order valence-corrected chi connectivity index (χ4v) is 2.59. The second kappa shape index (κ2) is 11.9. The molecule has 0 heterocycles. The maximum atomic E-state index is 12.0. The van der Waals surface area contributed by atoms with E-state index in [2.05, 4.69) is 0 Å². The van der Waals surface area contributed by atoms with Gasteiger partial charge in [0.05, 0.1) is 14.2 Å². The minimum atomic E-state index is -0.569. The Morgan fingerprint density at radius 2 is 1.31 bits per heavy atom. The zero-order chi connectivity index (χ0) is 23.5. The van der Waals surface area contributed by atoms with Gasteiger partial charge in [0.25, 0.3) is 0 Å². The van der Waals surface area contributed by atoms with E-state index in [1.165, 1.54) is 38.1 Å². The number of carbonyl (C=O) groups excluding carboxylic acids is 3. The van der Waals surface area contributed by atoms with Gasteiger partial charge in [0, 0.05) is 19.9 Å². The van der Waals surface area contributed by atoms with Crippen molar-refractivity contribution in [3.63, 3.8) is 0 Å². The Balaban J connectivity index is 1.96. The standard InChI is InChI=1S/C24H24O8/c1-16(25)31-21-11-8-19(15-23(21)32-17(2)26)9-12-24(27)30-13-5-6-18-7-10-20(28-3)22(14-18)29-4/h5-12,14-15H,13H2,1-4H3. The Hall–Kier alpha value is -4.07. The van der Waals surface area contributed by atoms with E-state index >= 15 is 0 Å². The molecule has 0 aliphatic rings. The second-order valence-corrected chi connectivity index (χ2v) is 6.37. The fourth-order valence-electron chi connectivity index (χ4n) is 2.59. The van der Waals surface area contributed by atoms with Crippen molar-refractivity contribution < 1.29 is 38.1 Å². The van der Waals surface area contributed by atoms with Gasteiger partial charge in [0.1, 0.15) is 6.61 Å². The summed E-state index contributed by atoms with van der Waals surface area (Å²) >= 11 is 0. The molecule has 0 saturated heterocycles. The highest BCUT2D eigenvalue weighted by Crippen LogP contribution is 2.29. The predicted molar refractivity (Wildman–Crippen MR) is 118 cm³/mol. The second-order valence-electron chi connectivity index (χ2n) is 6.37. The first kappa shape index (κ1) is 24.2. The summed E-state index contributed by atoms with van der Waals surface area (Å²) in [6, 6.07) is 9.98. The molecule has 0 atom stereocenters. The Morgan fingerprint density at radius 1 is 0.750 bits per heavy atom. The Morgan fingerprint density at radius 3 is 1.94 bits per heavy atom. The van der Waals surface area contributed by atoms with Crippen molar-refractivity contribution in [2.75, 3.05) is 20.8 Å². The highest BCUT2D eigenvalue weighted by Gasteiger charge is 2.10. The summed E-state index contributed by atoms with van der Waals surface area (Å²) in [4.78, 5) is 34.4. The number of benzene rings is 2. The molecule has 8 heteroatoms. The van der Waals surface area contributed by atoms with E-state index in [9.17, 15) is 14.4 Å². The molecule has 8 nitrogen and oxygen atoms in total. The van der Waals surface area contributed by atoms with E-state index in [0.717, 1.165) is 5.56 Å². The van der Waals surface area contributed by atoms with Gasteiger partial charge in [-0.05, 0) is 47.5 Å². The summed E-state index contributed by atoms with van der Waals surface area (Å²) in [6.07, 6.45) is 6.21. The number of carbonyl (C=O) groups is 3. The van der Waals surface area contributed by atoms with Gasteiger partial charge in [-0.15, -0.1) is 0 Å². The highest BCUT2D eigenvalue weighted by atomic mass is 16.6. The van der Waals surface area contributed by atoms with Gasteiger partial charge >= 0.3 is 17.9 Å². The summed E-state index contributed by atoms with van der Waals surface area (Å²) in [6.45, 7) is 2.54. The molecule has 168 valence electrons. The lowest BCUT2D eigenvalue weighted by atomic mass is 10.2. The van der Waals surface area contributed by atoms with Gasteiger partial charge in [0.2, 0.25) is 0 Å². The van der Waals surface area contributed by atoms with Crippen LogP contribution in [0.1, 0.15) is 25.0 Å². The van der Waals surface area contributed by atoms with Crippen molar-refractivity contribution in [3.8, 4) is 23.0 Å². The molecule has 0 aromatic heterocycles. The third kappa shape index (κ3) is 7.64. The molecule has 0 unspecified atom stereocenters. The largest absolute Gasteiger partial charge is 0.493 e. The van der Waals surface area contributed by atoms with E-state index in [1.54, 1.807) is 44.6 Å². The number of esters is 3. The van der Waals surface area contributed by atoms with Crippen molar-refractivity contribution >= 4 is 30.1 Å². The molecule has 0 radical (unpaired) electrons. The van der Waals surface area contributed by atoms with Crippen LogP contribution >= 0.6 is 0 Å². The Kier molecular flexibility index (Phi) is 9.04. The van der Waals surface area contributed by atoms with Crippen LogP contribution in [0.2, 0.25) is 0 Å². The molecule has 0 aliphatic carbocycles. The number of methoxy groups -OCH3 is 2. The van der Waals surface area contributed by atoms with Crippen molar-refractivity contribution in [1.82, 2.24) is 0 Å². The Labute approximate surface area is 186 Å². The molecule has 0 fully saturated rings. The molecule has 0 amide bonds. The average Bonchev–Trinajstić information content (AvgIpc) is 2.76. The number of hydrogen-bond acceptors (Lipinski definition) is 8. The first-order chi connectivity index (χ1) is 15.3. The van der Waals surface area contributed by atoms with Gasteiger partial charge in [-0.2, -0.15) is 0 Å². The molecule has 32 heavy (non-hydrogen) atoms. The van der Waals surface area contributed by atoms with Crippen LogP contribution in [-0.2, 0) is 19.1 Å². The van der Waals surface area contributed by atoms with Crippen molar-refractivity contribution in [3.05, 3.63) is 59.7 Å². The summed E-state index contributed by atoms with van der Waals surface area (Å²) in [5.74, 6) is -0.276. The average molecular weight is 440 g/mol. The van der Waals surface area contributed by atoms with Crippen LogP contribution in [0.15, 0.2) is 48.6 Å². The summed E-state index contributed by atoms with van der Waals surface area (Å²) in [5.41, 5.74) is 1.41. The summed E-state index contributed by atoms with van der Waals surface area (Å²) < 4.78 is 25.6. The first-order valence-corrected chi connectivity index (χ1v) is 9.56. The molecular weight excluding hydrogens is 416 g/mol. The van der Waals surface area contributed by atoms with Crippen LogP contribution in [-0.4, -0.2) is 38.7 Å². The number of rotatable bonds is 9. The monoisotopic (exact) mass is 440 g/mol. The molecular formula is C24H24O8. The molecule has 0 spiro atoms. The third-order valence-electron chi connectivity index (χ3n) is 3.93. The van der Waals surface area contributed by atoms with Gasteiger partial charge < -0.3 is 23.7 Å². The van der Waals surface area contributed by atoms with Crippen LogP contribution in [0.3, 0.4) is 0 Å². The first-order valence-electron chi connectivity index (χ1n) is 9.56. The van der Waals surface area contributed by atoms with Crippen LogP contribution < -0.4 is 18.9 Å². The normalized spacial score (nSPS) is 10.8.